The fraction of sp³-hybridized carbons (Fsp3) is 0. The average Bonchev–Trinajstić information content (AvgIpc) is 3.45. The van der Waals surface area contributed by atoms with Crippen LogP contribution in [0.15, 0.2) is 162 Å². The van der Waals surface area contributed by atoms with E-state index in [0.717, 1.165) is 21.9 Å². The summed E-state index contributed by atoms with van der Waals surface area (Å²) in [7, 11) is 0. The molecule has 0 fully saturated rings. The Morgan fingerprint density at radius 1 is 0.267 bits per heavy atom. The summed E-state index contributed by atoms with van der Waals surface area (Å²) in [4.78, 5) is 0. The molecule has 0 radical (unpaired) electrons. The topological polar surface area (TPSA) is 13.1 Å². The van der Waals surface area contributed by atoms with Gasteiger partial charge in [-0.2, -0.15) is 0 Å². The van der Waals surface area contributed by atoms with Crippen LogP contribution in [0, 0.1) is 0 Å². The summed E-state index contributed by atoms with van der Waals surface area (Å²) in [6.07, 6.45) is 0. The van der Waals surface area contributed by atoms with E-state index in [9.17, 15) is 0 Å². The quantitative estimate of drug-likeness (QED) is 0.149. The Hall–Kier alpha value is -5.92. The first kappa shape index (κ1) is 24.5. The third-order valence-corrected chi connectivity index (χ3v) is 9.59. The van der Waals surface area contributed by atoms with E-state index in [4.69, 9.17) is 4.42 Å². The molecular weight excluding hydrogens is 544 g/mol. The Labute approximate surface area is 259 Å². The Balaban J connectivity index is 1.25. The fourth-order valence-electron chi connectivity index (χ4n) is 7.54. The van der Waals surface area contributed by atoms with Gasteiger partial charge in [-0.3, -0.25) is 0 Å². The molecule has 0 aliphatic heterocycles. The normalized spacial score (nSPS) is 12.0. The second kappa shape index (κ2) is 9.29. The molecule has 0 aliphatic rings. The van der Waals surface area contributed by atoms with Gasteiger partial charge in [-0.1, -0.05) is 127 Å². The van der Waals surface area contributed by atoms with Gasteiger partial charge in [-0.15, -0.1) is 0 Å². The molecular formula is C44H26O. The van der Waals surface area contributed by atoms with Crippen LogP contribution in [0.1, 0.15) is 0 Å². The molecule has 0 unspecified atom stereocenters. The van der Waals surface area contributed by atoms with E-state index in [1.165, 1.54) is 76.1 Å². The molecule has 208 valence electrons. The predicted octanol–water partition coefficient (Wildman–Crippen LogP) is 12.7. The van der Waals surface area contributed by atoms with Crippen molar-refractivity contribution in [2.24, 2.45) is 0 Å². The highest BCUT2D eigenvalue weighted by molar-refractivity contribution is 6.23. The molecule has 10 rings (SSSR count). The molecule has 10 aromatic rings. The molecule has 45 heavy (non-hydrogen) atoms. The smallest absolute Gasteiger partial charge is 0.136 e. The van der Waals surface area contributed by atoms with Crippen molar-refractivity contribution < 1.29 is 4.42 Å². The molecule has 0 spiro atoms. The molecule has 0 aliphatic carbocycles. The van der Waals surface area contributed by atoms with E-state index in [1.807, 2.05) is 0 Å². The zero-order valence-electron chi connectivity index (χ0n) is 24.4. The highest BCUT2D eigenvalue weighted by Gasteiger charge is 2.18. The number of fused-ring (bicyclic) bond motifs is 9. The standard InChI is InChI=1S/C44H26O/c1-2-11-29-26-42-40(24-28(29)10-1)39-25-32(20-22-41(39)45-42)44-37-15-7-5-13-35(37)43(36-14-6-8-16-38(36)44)31-19-21-34-30(23-31)18-17-27-9-3-4-12-33(27)34/h1-26H. The van der Waals surface area contributed by atoms with Crippen molar-refractivity contribution in [3.05, 3.63) is 158 Å². The maximum atomic E-state index is 6.37. The second-order valence-electron chi connectivity index (χ2n) is 12.1. The SMILES string of the molecule is c1ccc2cc3c(cc2c1)oc1ccc(-c2c4ccccc4c(-c4ccc5c(ccc6ccccc65)c4)c4ccccc24)cc13. The van der Waals surface area contributed by atoms with E-state index in [2.05, 4.69) is 158 Å². The van der Waals surface area contributed by atoms with E-state index in [1.54, 1.807) is 0 Å². The van der Waals surface area contributed by atoms with Gasteiger partial charge in [0.15, 0.2) is 0 Å². The Morgan fingerprint density at radius 2 is 0.756 bits per heavy atom. The van der Waals surface area contributed by atoms with E-state index in [-0.39, 0.29) is 0 Å². The minimum absolute atomic E-state index is 0.915. The van der Waals surface area contributed by atoms with E-state index >= 15 is 0 Å². The van der Waals surface area contributed by atoms with Crippen LogP contribution in [0.4, 0.5) is 0 Å². The summed E-state index contributed by atoms with van der Waals surface area (Å²) in [6.45, 7) is 0. The average molecular weight is 571 g/mol. The van der Waals surface area contributed by atoms with Gasteiger partial charge in [0.2, 0.25) is 0 Å². The van der Waals surface area contributed by atoms with Crippen LogP contribution in [-0.2, 0) is 0 Å². The monoisotopic (exact) mass is 570 g/mol. The number of furan rings is 1. The van der Waals surface area contributed by atoms with Gasteiger partial charge in [0.25, 0.3) is 0 Å². The number of rotatable bonds is 2. The Bertz CT molecular complexity index is 2760. The third kappa shape index (κ3) is 3.62. The van der Waals surface area contributed by atoms with Gasteiger partial charge in [0.05, 0.1) is 0 Å². The molecule has 1 nitrogen and oxygen atoms in total. The summed E-state index contributed by atoms with van der Waals surface area (Å²) in [5.74, 6) is 0. The molecule has 1 aromatic heterocycles. The van der Waals surface area contributed by atoms with E-state index < -0.39 is 0 Å². The van der Waals surface area contributed by atoms with Gasteiger partial charge in [0.1, 0.15) is 11.2 Å². The van der Waals surface area contributed by atoms with Crippen LogP contribution in [0.3, 0.4) is 0 Å². The maximum Gasteiger partial charge on any atom is 0.136 e. The molecule has 0 saturated heterocycles. The second-order valence-corrected chi connectivity index (χ2v) is 12.1. The molecule has 1 heterocycles. The number of hydrogen-bond acceptors (Lipinski definition) is 1. The van der Waals surface area contributed by atoms with Crippen molar-refractivity contribution in [1.82, 2.24) is 0 Å². The van der Waals surface area contributed by atoms with Gasteiger partial charge in [-0.25, -0.2) is 0 Å². The number of hydrogen-bond donors (Lipinski definition) is 0. The van der Waals surface area contributed by atoms with Crippen molar-refractivity contribution >= 4 is 75.8 Å². The maximum absolute atomic E-state index is 6.37. The van der Waals surface area contributed by atoms with Crippen molar-refractivity contribution in [3.63, 3.8) is 0 Å². The lowest BCUT2D eigenvalue weighted by atomic mass is 9.85. The highest BCUT2D eigenvalue weighted by Crippen LogP contribution is 2.45. The lowest BCUT2D eigenvalue weighted by Crippen LogP contribution is -1.91. The molecule has 0 bridgehead atoms. The zero-order valence-corrected chi connectivity index (χ0v) is 24.4. The van der Waals surface area contributed by atoms with Gasteiger partial charge in [-0.05, 0) is 106 Å². The third-order valence-electron chi connectivity index (χ3n) is 9.59. The van der Waals surface area contributed by atoms with Gasteiger partial charge in [0, 0.05) is 10.8 Å². The van der Waals surface area contributed by atoms with Crippen LogP contribution in [0.5, 0.6) is 0 Å². The van der Waals surface area contributed by atoms with Crippen molar-refractivity contribution in [2.45, 2.75) is 0 Å². The first-order chi connectivity index (χ1) is 22.3. The first-order valence-corrected chi connectivity index (χ1v) is 15.5. The van der Waals surface area contributed by atoms with Gasteiger partial charge < -0.3 is 4.42 Å². The van der Waals surface area contributed by atoms with Crippen LogP contribution in [-0.4, -0.2) is 0 Å². The molecule has 0 atom stereocenters. The summed E-state index contributed by atoms with van der Waals surface area (Å²) in [5.41, 5.74) is 6.81. The first-order valence-electron chi connectivity index (χ1n) is 15.5. The molecule has 9 aromatic carbocycles. The van der Waals surface area contributed by atoms with Gasteiger partial charge >= 0.3 is 0 Å². The minimum Gasteiger partial charge on any atom is -0.456 e. The lowest BCUT2D eigenvalue weighted by Gasteiger charge is -2.18. The zero-order chi connectivity index (χ0) is 29.5. The van der Waals surface area contributed by atoms with Crippen molar-refractivity contribution in [3.8, 4) is 22.3 Å². The molecule has 0 amide bonds. The Kier molecular flexibility index (Phi) is 5.06. The van der Waals surface area contributed by atoms with Crippen LogP contribution >= 0.6 is 0 Å². The predicted molar refractivity (Wildman–Crippen MR) is 192 cm³/mol. The summed E-state index contributed by atoms with van der Waals surface area (Å²) >= 11 is 0. The minimum atomic E-state index is 0.915. The fourth-order valence-corrected chi connectivity index (χ4v) is 7.54. The largest absolute Gasteiger partial charge is 0.456 e. The van der Waals surface area contributed by atoms with E-state index in [0.29, 0.717) is 0 Å². The molecule has 0 saturated carbocycles. The van der Waals surface area contributed by atoms with Crippen LogP contribution in [0.2, 0.25) is 0 Å². The van der Waals surface area contributed by atoms with Crippen molar-refractivity contribution in [1.29, 1.82) is 0 Å². The Morgan fingerprint density at radius 3 is 1.44 bits per heavy atom. The summed E-state index contributed by atoms with van der Waals surface area (Å²) < 4.78 is 6.37. The molecule has 1 heteroatoms. The number of benzene rings is 9. The van der Waals surface area contributed by atoms with Crippen molar-refractivity contribution in [2.75, 3.05) is 0 Å². The molecule has 0 N–H and O–H groups in total. The summed E-state index contributed by atoms with van der Waals surface area (Å²) in [5, 5.41) is 14.8. The lowest BCUT2D eigenvalue weighted by molar-refractivity contribution is 0.669. The van der Waals surface area contributed by atoms with Crippen LogP contribution in [0.25, 0.3) is 98.1 Å². The van der Waals surface area contributed by atoms with Crippen LogP contribution < -0.4 is 0 Å². The highest BCUT2D eigenvalue weighted by atomic mass is 16.3. The summed E-state index contributed by atoms with van der Waals surface area (Å²) in [6, 6.07) is 57.5.